The number of esters is 1. The maximum Gasteiger partial charge on any atom is 0.333 e. The summed E-state index contributed by atoms with van der Waals surface area (Å²) in [7, 11) is 1.27. The second-order valence-electron chi connectivity index (χ2n) is 3.85. The van der Waals surface area contributed by atoms with Crippen LogP contribution in [0, 0.1) is 5.92 Å². The average molecular weight is 212 g/mol. The molecule has 0 amide bonds. The van der Waals surface area contributed by atoms with Gasteiger partial charge in [0.2, 0.25) is 0 Å². The molecular formula is C11H16O4. The van der Waals surface area contributed by atoms with Crippen molar-refractivity contribution in [3.05, 3.63) is 11.6 Å². The highest BCUT2D eigenvalue weighted by atomic mass is 16.5. The van der Waals surface area contributed by atoms with E-state index in [0.29, 0.717) is 12.3 Å². The lowest BCUT2D eigenvalue weighted by molar-refractivity contribution is -0.137. The molecule has 1 rings (SSSR count). The third kappa shape index (κ3) is 3.73. The van der Waals surface area contributed by atoms with E-state index in [0.717, 1.165) is 18.9 Å². The Morgan fingerprint density at radius 1 is 1.40 bits per heavy atom. The minimum atomic E-state index is -1.09. The molecule has 1 aliphatic rings. The summed E-state index contributed by atoms with van der Waals surface area (Å²) in [6, 6.07) is 0. The van der Waals surface area contributed by atoms with Gasteiger partial charge in [0, 0.05) is 11.6 Å². The van der Waals surface area contributed by atoms with Crippen molar-refractivity contribution in [2.45, 2.75) is 32.1 Å². The highest BCUT2D eigenvalue weighted by Gasteiger charge is 2.21. The Morgan fingerprint density at radius 2 is 2.00 bits per heavy atom. The lowest BCUT2D eigenvalue weighted by Gasteiger charge is -2.10. The second-order valence-corrected chi connectivity index (χ2v) is 3.85. The fourth-order valence-corrected chi connectivity index (χ4v) is 2.01. The first-order valence-corrected chi connectivity index (χ1v) is 5.15. The molecule has 0 unspecified atom stereocenters. The molecule has 1 N–H and O–H groups in total. The number of carboxylic acids is 1. The Hall–Kier alpha value is -1.32. The Morgan fingerprint density at radius 3 is 2.47 bits per heavy atom. The smallest absolute Gasteiger partial charge is 0.333 e. The van der Waals surface area contributed by atoms with Crippen LogP contribution in [0.4, 0.5) is 0 Å². The van der Waals surface area contributed by atoms with Crippen LogP contribution in [0.25, 0.3) is 0 Å². The summed E-state index contributed by atoms with van der Waals surface area (Å²) in [6.07, 6.45) is 5.99. The van der Waals surface area contributed by atoms with Gasteiger partial charge < -0.3 is 9.84 Å². The van der Waals surface area contributed by atoms with Gasteiger partial charge in [-0.15, -0.1) is 0 Å². The monoisotopic (exact) mass is 212 g/mol. The van der Waals surface area contributed by atoms with Crippen molar-refractivity contribution in [1.29, 1.82) is 0 Å². The summed E-state index contributed by atoms with van der Waals surface area (Å²) in [5, 5.41) is 8.62. The average Bonchev–Trinajstić information content (AvgIpc) is 2.67. The predicted octanol–water partition coefficient (Wildman–Crippen LogP) is 1.75. The van der Waals surface area contributed by atoms with E-state index in [1.54, 1.807) is 0 Å². The quantitative estimate of drug-likeness (QED) is 0.569. The number of hydrogen-bond acceptors (Lipinski definition) is 3. The van der Waals surface area contributed by atoms with Gasteiger partial charge in [-0.1, -0.05) is 25.7 Å². The van der Waals surface area contributed by atoms with Gasteiger partial charge in [-0.05, 0) is 12.3 Å². The van der Waals surface area contributed by atoms with Gasteiger partial charge in [0.15, 0.2) is 0 Å². The molecule has 0 radical (unpaired) electrons. The van der Waals surface area contributed by atoms with Gasteiger partial charge >= 0.3 is 11.9 Å². The minimum absolute atomic E-state index is 0.275. The number of ether oxygens (including phenoxy) is 1. The minimum Gasteiger partial charge on any atom is -0.478 e. The molecule has 0 heterocycles. The molecule has 4 heteroatoms. The van der Waals surface area contributed by atoms with Gasteiger partial charge in [0.05, 0.1) is 7.11 Å². The van der Waals surface area contributed by atoms with E-state index in [1.165, 1.54) is 20.0 Å². The molecule has 1 fully saturated rings. The molecule has 0 saturated heterocycles. The number of aliphatic carboxylic acids is 1. The lowest BCUT2D eigenvalue weighted by Crippen LogP contribution is -2.10. The van der Waals surface area contributed by atoms with E-state index in [-0.39, 0.29) is 5.57 Å². The molecule has 84 valence electrons. The Balaban J connectivity index is 2.63. The molecule has 0 aromatic heterocycles. The van der Waals surface area contributed by atoms with E-state index in [9.17, 15) is 9.59 Å². The van der Waals surface area contributed by atoms with Crippen LogP contribution in [0.15, 0.2) is 11.6 Å². The number of carboxylic acid groups (broad SMARTS) is 1. The SMILES string of the molecule is COC(=O)/C(=C\C(=O)O)CC1CCCC1. The lowest BCUT2D eigenvalue weighted by atomic mass is 9.98. The van der Waals surface area contributed by atoms with Crippen molar-refractivity contribution >= 4 is 11.9 Å². The highest BCUT2D eigenvalue weighted by Crippen LogP contribution is 2.30. The van der Waals surface area contributed by atoms with Crippen LogP contribution in [-0.4, -0.2) is 24.2 Å². The fourth-order valence-electron chi connectivity index (χ4n) is 2.01. The van der Waals surface area contributed by atoms with Gasteiger partial charge in [-0.25, -0.2) is 9.59 Å². The highest BCUT2D eigenvalue weighted by molar-refractivity contribution is 5.95. The topological polar surface area (TPSA) is 63.6 Å². The molecule has 0 atom stereocenters. The van der Waals surface area contributed by atoms with Crippen molar-refractivity contribution in [3.8, 4) is 0 Å². The third-order valence-electron chi connectivity index (χ3n) is 2.73. The first-order chi connectivity index (χ1) is 7.13. The maximum absolute atomic E-state index is 11.3. The van der Waals surface area contributed by atoms with Crippen LogP contribution in [0.2, 0.25) is 0 Å². The predicted molar refractivity (Wildman–Crippen MR) is 54.3 cm³/mol. The van der Waals surface area contributed by atoms with Crippen molar-refractivity contribution in [2.75, 3.05) is 7.11 Å². The molecule has 0 aromatic rings. The summed E-state index contributed by atoms with van der Waals surface area (Å²) in [5.41, 5.74) is 0.275. The van der Waals surface area contributed by atoms with E-state index >= 15 is 0 Å². The summed E-state index contributed by atoms with van der Waals surface area (Å²) < 4.78 is 4.55. The third-order valence-corrected chi connectivity index (χ3v) is 2.73. The number of rotatable bonds is 4. The normalized spacial score (nSPS) is 17.8. The number of carbonyl (C=O) groups excluding carboxylic acids is 1. The summed E-state index contributed by atoms with van der Waals surface area (Å²) in [5.74, 6) is -1.17. The first-order valence-electron chi connectivity index (χ1n) is 5.15. The molecular weight excluding hydrogens is 196 g/mol. The van der Waals surface area contributed by atoms with Crippen LogP contribution in [0.1, 0.15) is 32.1 Å². The summed E-state index contributed by atoms with van der Waals surface area (Å²) >= 11 is 0. The van der Waals surface area contributed by atoms with Gasteiger partial charge in [-0.2, -0.15) is 0 Å². The zero-order chi connectivity index (χ0) is 11.3. The number of carbonyl (C=O) groups is 2. The largest absolute Gasteiger partial charge is 0.478 e. The zero-order valence-electron chi connectivity index (χ0n) is 8.86. The van der Waals surface area contributed by atoms with Crippen molar-refractivity contribution < 1.29 is 19.4 Å². The molecule has 0 aliphatic heterocycles. The van der Waals surface area contributed by atoms with Gasteiger partial charge in [-0.3, -0.25) is 0 Å². The van der Waals surface area contributed by atoms with Crippen molar-refractivity contribution in [1.82, 2.24) is 0 Å². The molecule has 1 aliphatic carbocycles. The molecule has 1 saturated carbocycles. The molecule has 0 aromatic carbocycles. The number of hydrogen-bond donors (Lipinski definition) is 1. The van der Waals surface area contributed by atoms with Gasteiger partial charge in [0.1, 0.15) is 0 Å². The maximum atomic E-state index is 11.3. The Kier molecular flexibility index (Phi) is 4.34. The Labute approximate surface area is 88.9 Å². The van der Waals surface area contributed by atoms with Gasteiger partial charge in [0.25, 0.3) is 0 Å². The molecule has 0 spiro atoms. The molecule has 4 nitrogen and oxygen atoms in total. The van der Waals surface area contributed by atoms with Crippen molar-refractivity contribution in [2.24, 2.45) is 5.92 Å². The fraction of sp³-hybridized carbons (Fsp3) is 0.636. The zero-order valence-corrected chi connectivity index (χ0v) is 8.86. The van der Waals surface area contributed by atoms with E-state index < -0.39 is 11.9 Å². The van der Waals surface area contributed by atoms with E-state index in [1.807, 2.05) is 0 Å². The molecule has 0 bridgehead atoms. The Bertz CT molecular complexity index is 274. The van der Waals surface area contributed by atoms with Crippen LogP contribution in [-0.2, 0) is 14.3 Å². The van der Waals surface area contributed by atoms with Crippen LogP contribution in [0.3, 0.4) is 0 Å². The van der Waals surface area contributed by atoms with Crippen LogP contribution < -0.4 is 0 Å². The second kappa shape index (κ2) is 5.53. The molecule has 15 heavy (non-hydrogen) atoms. The summed E-state index contributed by atoms with van der Waals surface area (Å²) in [6.45, 7) is 0. The van der Waals surface area contributed by atoms with E-state index in [2.05, 4.69) is 4.74 Å². The first kappa shape index (κ1) is 11.8. The van der Waals surface area contributed by atoms with Crippen molar-refractivity contribution in [3.63, 3.8) is 0 Å². The van der Waals surface area contributed by atoms with Crippen LogP contribution >= 0.6 is 0 Å². The number of methoxy groups -OCH3 is 1. The summed E-state index contributed by atoms with van der Waals surface area (Å²) in [4.78, 5) is 21.8. The van der Waals surface area contributed by atoms with E-state index in [4.69, 9.17) is 5.11 Å². The standard InChI is InChI=1S/C11H16O4/c1-15-11(14)9(7-10(12)13)6-8-4-2-3-5-8/h7-8H,2-6H2,1H3,(H,12,13)/b9-7-. The van der Waals surface area contributed by atoms with Crippen LogP contribution in [0.5, 0.6) is 0 Å².